The first-order chi connectivity index (χ1) is 7.52. The highest BCUT2D eigenvalue weighted by molar-refractivity contribution is 5.79. The van der Waals surface area contributed by atoms with E-state index in [1.807, 2.05) is 13.8 Å². The summed E-state index contributed by atoms with van der Waals surface area (Å²) in [6.45, 7) is 9.30. The molecule has 0 aliphatic heterocycles. The molecule has 0 heterocycles. The number of nitrogens with one attached hydrogen (secondary N) is 1. The molecule has 0 aliphatic rings. The van der Waals surface area contributed by atoms with Gasteiger partial charge in [0.2, 0.25) is 0 Å². The largest absolute Gasteiger partial charge is 0.478 e. The molecule has 5 nitrogen and oxygen atoms in total. The van der Waals surface area contributed by atoms with Crippen molar-refractivity contribution in [3.63, 3.8) is 0 Å². The van der Waals surface area contributed by atoms with Gasteiger partial charge in [0, 0.05) is 18.0 Å². The van der Waals surface area contributed by atoms with E-state index < -0.39 is 23.1 Å². The molecule has 0 aliphatic carbocycles. The Morgan fingerprint density at radius 1 is 1.24 bits per heavy atom. The summed E-state index contributed by atoms with van der Waals surface area (Å²) in [5.74, 6) is -1.00. The van der Waals surface area contributed by atoms with Gasteiger partial charge >= 0.3 is 12.1 Å². The summed E-state index contributed by atoms with van der Waals surface area (Å²) < 4.78 is 5.07. The smallest absolute Gasteiger partial charge is 0.407 e. The highest BCUT2D eigenvalue weighted by atomic mass is 16.6. The highest BCUT2D eigenvalue weighted by Gasteiger charge is 2.19. The van der Waals surface area contributed by atoms with E-state index in [1.54, 1.807) is 20.8 Å². The summed E-state index contributed by atoms with van der Waals surface area (Å²) in [4.78, 5) is 21.7. The SMILES string of the molecule is CC(C)(C=CC(=O)O)CNC(=O)OC(C)(C)C. The van der Waals surface area contributed by atoms with Crippen molar-refractivity contribution in [3.8, 4) is 0 Å². The van der Waals surface area contributed by atoms with Crippen molar-refractivity contribution in [3.05, 3.63) is 12.2 Å². The lowest BCUT2D eigenvalue weighted by atomic mass is 9.93. The predicted octanol–water partition coefficient (Wildman–Crippen LogP) is 2.18. The third kappa shape index (κ3) is 9.41. The van der Waals surface area contributed by atoms with E-state index in [0.717, 1.165) is 6.08 Å². The first-order valence-corrected chi connectivity index (χ1v) is 5.41. The van der Waals surface area contributed by atoms with Crippen molar-refractivity contribution in [1.82, 2.24) is 5.32 Å². The average Bonchev–Trinajstić information content (AvgIpc) is 2.09. The normalized spacial score (nSPS) is 12.5. The molecule has 0 aromatic heterocycles. The number of ether oxygens (including phenoxy) is 1. The number of hydrogen-bond donors (Lipinski definition) is 2. The van der Waals surface area contributed by atoms with Crippen LogP contribution in [0.5, 0.6) is 0 Å². The summed E-state index contributed by atoms with van der Waals surface area (Å²) in [6.07, 6.45) is 2.10. The van der Waals surface area contributed by atoms with Gasteiger partial charge in [0.1, 0.15) is 5.60 Å². The average molecular weight is 243 g/mol. The highest BCUT2D eigenvalue weighted by Crippen LogP contribution is 2.15. The van der Waals surface area contributed by atoms with E-state index in [-0.39, 0.29) is 0 Å². The van der Waals surface area contributed by atoms with Crippen molar-refractivity contribution >= 4 is 12.1 Å². The number of rotatable bonds is 4. The number of alkyl carbamates (subject to hydrolysis) is 1. The maximum Gasteiger partial charge on any atom is 0.407 e. The second kappa shape index (κ2) is 5.70. The van der Waals surface area contributed by atoms with Gasteiger partial charge in [0.25, 0.3) is 0 Å². The Balaban J connectivity index is 4.18. The van der Waals surface area contributed by atoms with Gasteiger partial charge in [-0.25, -0.2) is 9.59 Å². The van der Waals surface area contributed by atoms with Gasteiger partial charge < -0.3 is 15.2 Å². The van der Waals surface area contributed by atoms with Crippen LogP contribution in [-0.2, 0) is 9.53 Å². The van der Waals surface area contributed by atoms with Crippen LogP contribution in [0, 0.1) is 5.41 Å². The number of carbonyl (C=O) groups excluding carboxylic acids is 1. The molecule has 2 N–H and O–H groups in total. The van der Waals surface area contributed by atoms with Gasteiger partial charge in [-0.2, -0.15) is 0 Å². The number of carbonyl (C=O) groups is 2. The molecule has 17 heavy (non-hydrogen) atoms. The van der Waals surface area contributed by atoms with E-state index in [1.165, 1.54) is 6.08 Å². The number of aliphatic carboxylic acids is 1. The first kappa shape index (κ1) is 15.5. The minimum Gasteiger partial charge on any atom is -0.478 e. The van der Waals surface area contributed by atoms with Crippen molar-refractivity contribution in [1.29, 1.82) is 0 Å². The molecule has 0 aromatic carbocycles. The van der Waals surface area contributed by atoms with Gasteiger partial charge in [0.15, 0.2) is 0 Å². The molecule has 0 atom stereocenters. The molecule has 0 fully saturated rings. The van der Waals surface area contributed by atoms with Gasteiger partial charge in [-0.3, -0.25) is 0 Å². The van der Waals surface area contributed by atoms with Crippen molar-refractivity contribution in [2.45, 2.75) is 40.2 Å². The number of carboxylic acids is 1. The quantitative estimate of drug-likeness (QED) is 0.742. The summed E-state index contributed by atoms with van der Waals surface area (Å²) in [5.41, 5.74) is -0.972. The second-order valence-electron chi connectivity index (χ2n) is 5.52. The molecule has 5 heteroatoms. The number of hydrogen-bond acceptors (Lipinski definition) is 3. The van der Waals surface area contributed by atoms with Gasteiger partial charge in [-0.15, -0.1) is 0 Å². The van der Waals surface area contributed by atoms with E-state index in [2.05, 4.69) is 5.32 Å². The Bertz CT molecular complexity index is 313. The summed E-state index contributed by atoms with van der Waals surface area (Å²) in [5, 5.41) is 11.1. The maximum absolute atomic E-state index is 11.4. The second-order valence-corrected chi connectivity index (χ2v) is 5.52. The van der Waals surface area contributed by atoms with Crippen molar-refractivity contribution in [2.75, 3.05) is 6.54 Å². The molecular weight excluding hydrogens is 222 g/mol. The zero-order valence-corrected chi connectivity index (χ0v) is 11.0. The van der Waals surface area contributed by atoms with Crippen LogP contribution in [0.1, 0.15) is 34.6 Å². The van der Waals surface area contributed by atoms with Gasteiger partial charge in [-0.05, 0) is 20.8 Å². The fraction of sp³-hybridized carbons (Fsp3) is 0.667. The molecular formula is C12H21NO4. The Hall–Kier alpha value is -1.52. The van der Waals surface area contributed by atoms with Crippen LogP contribution in [0.3, 0.4) is 0 Å². The molecule has 0 unspecified atom stereocenters. The zero-order valence-electron chi connectivity index (χ0n) is 11.0. The molecule has 0 rings (SSSR count). The van der Waals surface area contributed by atoms with E-state index in [9.17, 15) is 9.59 Å². The van der Waals surface area contributed by atoms with Gasteiger partial charge in [0.05, 0.1) is 0 Å². The fourth-order valence-electron chi connectivity index (χ4n) is 0.970. The monoisotopic (exact) mass is 243 g/mol. The number of amides is 1. The third-order valence-corrected chi connectivity index (χ3v) is 1.76. The minimum absolute atomic E-state index is 0.311. The molecule has 0 radical (unpaired) electrons. The molecule has 98 valence electrons. The fourth-order valence-corrected chi connectivity index (χ4v) is 0.970. The lowest BCUT2D eigenvalue weighted by molar-refractivity contribution is -0.131. The third-order valence-electron chi connectivity index (χ3n) is 1.76. The molecule has 0 spiro atoms. The predicted molar refractivity (Wildman–Crippen MR) is 64.8 cm³/mol. The summed E-state index contributed by atoms with van der Waals surface area (Å²) >= 11 is 0. The number of carboxylic acid groups (broad SMARTS) is 1. The minimum atomic E-state index is -1.00. The Morgan fingerprint density at radius 3 is 2.18 bits per heavy atom. The van der Waals surface area contributed by atoms with E-state index >= 15 is 0 Å². The van der Waals surface area contributed by atoms with Crippen LogP contribution in [0.2, 0.25) is 0 Å². The lowest BCUT2D eigenvalue weighted by Gasteiger charge is -2.23. The molecule has 1 amide bonds. The maximum atomic E-state index is 11.4. The summed E-state index contributed by atoms with van der Waals surface area (Å²) in [7, 11) is 0. The molecule has 0 saturated heterocycles. The summed E-state index contributed by atoms with van der Waals surface area (Å²) in [6, 6.07) is 0. The van der Waals surface area contributed by atoms with E-state index in [4.69, 9.17) is 9.84 Å². The van der Waals surface area contributed by atoms with Crippen LogP contribution in [0.15, 0.2) is 12.2 Å². The molecule has 0 bridgehead atoms. The Morgan fingerprint density at radius 2 is 1.76 bits per heavy atom. The first-order valence-electron chi connectivity index (χ1n) is 5.41. The Labute approximate surface area is 102 Å². The molecule has 0 aromatic rings. The van der Waals surface area contributed by atoms with Crippen LogP contribution < -0.4 is 5.32 Å². The van der Waals surface area contributed by atoms with Crippen LogP contribution in [0.4, 0.5) is 4.79 Å². The molecule has 0 saturated carbocycles. The van der Waals surface area contributed by atoms with Crippen LogP contribution in [0.25, 0.3) is 0 Å². The zero-order chi connectivity index (χ0) is 13.7. The standard InChI is InChI=1S/C12H21NO4/c1-11(2,3)17-10(16)13-8-12(4,5)7-6-9(14)15/h6-7H,8H2,1-5H3,(H,13,16)(H,14,15). The van der Waals surface area contributed by atoms with Crippen LogP contribution in [-0.4, -0.2) is 29.3 Å². The van der Waals surface area contributed by atoms with Crippen molar-refractivity contribution in [2.24, 2.45) is 5.41 Å². The topological polar surface area (TPSA) is 75.6 Å². The van der Waals surface area contributed by atoms with E-state index in [0.29, 0.717) is 6.54 Å². The van der Waals surface area contributed by atoms with Crippen LogP contribution >= 0.6 is 0 Å². The van der Waals surface area contributed by atoms with Gasteiger partial charge in [-0.1, -0.05) is 19.9 Å². The Kier molecular flexibility index (Phi) is 5.19. The lowest BCUT2D eigenvalue weighted by Crippen LogP contribution is -2.37. The van der Waals surface area contributed by atoms with Crippen molar-refractivity contribution < 1.29 is 19.4 Å².